The molecule has 1 aliphatic rings. The van der Waals surface area contributed by atoms with Crippen LogP contribution in [0.4, 0.5) is 4.79 Å². The highest BCUT2D eigenvalue weighted by Crippen LogP contribution is 2.24. The van der Waals surface area contributed by atoms with Crippen LogP contribution in [-0.4, -0.2) is 40.8 Å². The molecule has 0 aliphatic carbocycles. The normalized spacial score (nSPS) is 18.1. The highest BCUT2D eigenvalue weighted by molar-refractivity contribution is 6.29. The zero-order valence-corrected chi connectivity index (χ0v) is 13.6. The molecule has 1 unspecified atom stereocenters. The van der Waals surface area contributed by atoms with Crippen LogP contribution in [0, 0.1) is 6.92 Å². The number of nitrogens with zero attached hydrogens (tertiary/aromatic N) is 2. The Balaban J connectivity index is 1.88. The van der Waals surface area contributed by atoms with Crippen LogP contribution in [0.5, 0.6) is 5.75 Å². The molecule has 1 aliphatic heterocycles. The van der Waals surface area contributed by atoms with E-state index in [1.807, 2.05) is 27.7 Å². The second kappa shape index (κ2) is 6.10. The second-order valence-corrected chi connectivity index (χ2v) is 6.53. The molecule has 1 saturated heterocycles. The maximum atomic E-state index is 12.0. The minimum atomic E-state index is -0.477. The highest BCUT2D eigenvalue weighted by atomic mass is 35.5. The van der Waals surface area contributed by atoms with Crippen molar-refractivity contribution in [3.63, 3.8) is 0 Å². The first-order valence-electron chi connectivity index (χ1n) is 7.02. The average molecular weight is 313 g/mol. The molecule has 1 aromatic heterocycles. The predicted octanol–water partition coefficient (Wildman–Crippen LogP) is 3.43. The van der Waals surface area contributed by atoms with E-state index in [0.717, 1.165) is 12.1 Å². The van der Waals surface area contributed by atoms with Gasteiger partial charge in [-0.05, 0) is 46.2 Å². The van der Waals surface area contributed by atoms with Gasteiger partial charge in [0.05, 0.1) is 11.7 Å². The van der Waals surface area contributed by atoms with Crippen molar-refractivity contribution in [2.45, 2.75) is 45.8 Å². The van der Waals surface area contributed by atoms with Crippen LogP contribution in [0.3, 0.4) is 0 Å². The van der Waals surface area contributed by atoms with Gasteiger partial charge < -0.3 is 14.4 Å². The molecule has 0 spiro atoms. The van der Waals surface area contributed by atoms with E-state index in [1.165, 1.54) is 0 Å². The number of amides is 1. The van der Waals surface area contributed by atoms with Gasteiger partial charge in [-0.15, -0.1) is 0 Å². The molecule has 1 aromatic rings. The molecule has 0 aromatic carbocycles. The lowest BCUT2D eigenvalue weighted by Crippen LogP contribution is -2.55. The van der Waals surface area contributed by atoms with Crippen molar-refractivity contribution in [2.24, 2.45) is 0 Å². The van der Waals surface area contributed by atoms with Crippen LogP contribution in [0.15, 0.2) is 12.1 Å². The second-order valence-electron chi connectivity index (χ2n) is 6.14. The molecule has 1 fully saturated rings. The predicted molar refractivity (Wildman–Crippen MR) is 80.8 cm³/mol. The average Bonchev–Trinajstić information content (AvgIpc) is 2.27. The summed E-state index contributed by atoms with van der Waals surface area (Å²) in [7, 11) is 0. The molecule has 0 saturated carbocycles. The Labute approximate surface area is 130 Å². The quantitative estimate of drug-likeness (QED) is 0.802. The Bertz CT molecular complexity index is 528. The fourth-order valence-electron chi connectivity index (χ4n) is 2.03. The Kier molecular flexibility index (Phi) is 4.61. The summed E-state index contributed by atoms with van der Waals surface area (Å²) < 4.78 is 11.1. The van der Waals surface area contributed by atoms with Gasteiger partial charge in [0, 0.05) is 6.54 Å². The molecule has 1 atom stereocenters. The molecule has 116 valence electrons. The topological polar surface area (TPSA) is 51.7 Å². The summed E-state index contributed by atoms with van der Waals surface area (Å²) in [6.45, 7) is 8.56. The lowest BCUT2D eigenvalue weighted by molar-refractivity contribution is -0.0142. The standard InChI is InChI=1S/C15H21ClN2O3/c1-10-12(5-6-13(16)17-10)20-9-11-7-8-18(11)14(19)21-15(2,3)4/h5-6,11H,7-9H2,1-4H3. The Morgan fingerprint density at radius 2 is 2.19 bits per heavy atom. The first-order valence-corrected chi connectivity index (χ1v) is 7.39. The van der Waals surface area contributed by atoms with Gasteiger partial charge >= 0.3 is 6.09 Å². The first-order chi connectivity index (χ1) is 9.76. The summed E-state index contributed by atoms with van der Waals surface area (Å²) in [4.78, 5) is 17.8. The number of pyridine rings is 1. The van der Waals surface area contributed by atoms with Gasteiger partial charge in [-0.2, -0.15) is 0 Å². The van der Waals surface area contributed by atoms with E-state index in [1.54, 1.807) is 17.0 Å². The number of carbonyl (C=O) groups is 1. The van der Waals surface area contributed by atoms with Crippen LogP contribution in [0.1, 0.15) is 32.9 Å². The lowest BCUT2D eigenvalue weighted by atomic mass is 10.1. The van der Waals surface area contributed by atoms with Crippen molar-refractivity contribution in [2.75, 3.05) is 13.2 Å². The van der Waals surface area contributed by atoms with Crippen LogP contribution in [-0.2, 0) is 4.74 Å². The van der Waals surface area contributed by atoms with Gasteiger partial charge in [-0.25, -0.2) is 9.78 Å². The third kappa shape index (κ3) is 4.24. The Morgan fingerprint density at radius 3 is 2.71 bits per heavy atom. The number of likely N-dealkylation sites (tertiary alicyclic amines) is 1. The molecule has 0 N–H and O–H groups in total. The molecule has 1 amide bonds. The maximum Gasteiger partial charge on any atom is 0.410 e. The molecule has 6 heteroatoms. The maximum absolute atomic E-state index is 12.0. The number of aromatic nitrogens is 1. The summed E-state index contributed by atoms with van der Waals surface area (Å²) >= 11 is 5.81. The molecular weight excluding hydrogens is 292 g/mol. The van der Waals surface area contributed by atoms with Gasteiger partial charge in [0.25, 0.3) is 0 Å². The number of halogens is 1. The van der Waals surface area contributed by atoms with Crippen LogP contribution in [0.2, 0.25) is 5.15 Å². The highest BCUT2D eigenvalue weighted by Gasteiger charge is 2.35. The summed E-state index contributed by atoms with van der Waals surface area (Å²) in [5.74, 6) is 0.690. The smallest absolute Gasteiger partial charge is 0.410 e. The lowest BCUT2D eigenvalue weighted by Gasteiger charge is -2.41. The molecule has 0 radical (unpaired) electrons. The van der Waals surface area contributed by atoms with Crippen molar-refractivity contribution >= 4 is 17.7 Å². The van der Waals surface area contributed by atoms with Gasteiger partial charge in [0.2, 0.25) is 0 Å². The van der Waals surface area contributed by atoms with E-state index in [9.17, 15) is 4.79 Å². The molecule has 2 heterocycles. The number of hydrogen-bond donors (Lipinski definition) is 0. The monoisotopic (exact) mass is 312 g/mol. The zero-order valence-electron chi connectivity index (χ0n) is 12.9. The number of ether oxygens (including phenoxy) is 2. The fraction of sp³-hybridized carbons (Fsp3) is 0.600. The van der Waals surface area contributed by atoms with Gasteiger partial charge in [-0.1, -0.05) is 11.6 Å². The molecular formula is C15H21ClN2O3. The van der Waals surface area contributed by atoms with Gasteiger partial charge in [0.15, 0.2) is 0 Å². The third-order valence-electron chi connectivity index (χ3n) is 3.21. The minimum absolute atomic E-state index is 0.0509. The van der Waals surface area contributed by atoms with E-state index >= 15 is 0 Å². The minimum Gasteiger partial charge on any atom is -0.490 e. The third-order valence-corrected chi connectivity index (χ3v) is 3.42. The number of hydrogen-bond acceptors (Lipinski definition) is 4. The summed E-state index contributed by atoms with van der Waals surface area (Å²) in [6, 6.07) is 3.53. The van der Waals surface area contributed by atoms with E-state index in [0.29, 0.717) is 24.1 Å². The van der Waals surface area contributed by atoms with Crippen molar-refractivity contribution in [1.82, 2.24) is 9.88 Å². The number of rotatable bonds is 3. The van der Waals surface area contributed by atoms with Crippen molar-refractivity contribution in [1.29, 1.82) is 0 Å². The molecule has 0 bridgehead atoms. The molecule has 21 heavy (non-hydrogen) atoms. The largest absolute Gasteiger partial charge is 0.490 e. The van der Waals surface area contributed by atoms with Gasteiger partial charge in [0.1, 0.15) is 23.1 Å². The summed E-state index contributed by atoms with van der Waals surface area (Å²) in [6.07, 6.45) is 0.632. The van der Waals surface area contributed by atoms with Crippen LogP contribution < -0.4 is 4.74 Å². The van der Waals surface area contributed by atoms with Crippen molar-refractivity contribution in [3.8, 4) is 5.75 Å². The number of aryl methyl sites for hydroxylation is 1. The Hall–Kier alpha value is -1.49. The van der Waals surface area contributed by atoms with Gasteiger partial charge in [-0.3, -0.25) is 0 Å². The van der Waals surface area contributed by atoms with E-state index < -0.39 is 5.60 Å². The summed E-state index contributed by atoms with van der Waals surface area (Å²) in [5, 5.41) is 0.443. The number of carbonyl (C=O) groups excluding carboxylic acids is 1. The first kappa shape index (κ1) is 15.9. The van der Waals surface area contributed by atoms with E-state index in [-0.39, 0.29) is 12.1 Å². The summed E-state index contributed by atoms with van der Waals surface area (Å²) in [5.41, 5.74) is 0.264. The fourth-order valence-corrected chi connectivity index (χ4v) is 2.22. The van der Waals surface area contributed by atoms with Crippen molar-refractivity contribution < 1.29 is 14.3 Å². The SMILES string of the molecule is Cc1nc(Cl)ccc1OCC1CCN1C(=O)OC(C)(C)C. The van der Waals surface area contributed by atoms with E-state index in [4.69, 9.17) is 21.1 Å². The molecule has 5 nitrogen and oxygen atoms in total. The van der Waals surface area contributed by atoms with E-state index in [2.05, 4.69) is 4.98 Å². The molecule has 2 rings (SSSR count). The van der Waals surface area contributed by atoms with Crippen LogP contribution >= 0.6 is 11.6 Å². The van der Waals surface area contributed by atoms with Crippen molar-refractivity contribution in [3.05, 3.63) is 23.0 Å². The Morgan fingerprint density at radius 1 is 1.48 bits per heavy atom. The zero-order chi connectivity index (χ0) is 15.6. The van der Waals surface area contributed by atoms with Crippen LogP contribution in [0.25, 0.3) is 0 Å².